The van der Waals surface area contributed by atoms with E-state index in [-0.39, 0.29) is 29.7 Å². The van der Waals surface area contributed by atoms with E-state index in [0.29, 0.717) is 11.5 Å². The number of fused-ring (bicyclic) bond motifs is 1. The molecule has 1 aliphatic rings. The summed E-state index contributed by atoms with van der Waals surface area (Å²) in [7, 11) is 0. The molecule has 1 amide bonds. The van der Waals surface area contributed by atoms with Crippen molar-refractivity contribution in [3.8, 4) is 17.2 Å². The van der Waals surface area contributed by atoms with E-state index in [9.17, 15) is 14.7 Å². The van der Waals surface area contributed by atoms with Gasteiger partial charge >= 0.3 is 5.97 Å². The maximum Gasteiger partial charge on any atom is 0.342 e. The Morgan fingerprint density at radius 2 is 1.96 bits per heavy atom. The molecule has 1 heterocycles. The molecule has 0 saturated carbocycles. The Morgan fingerprint density at radius 1 is 1.16 bits per heavy atom. The quantitative estimate of drug-likeness (QED) is 0.791. The topological polar surface area (TPSA) is 94.1 Å². The Balaban J connectivity index is 1.48. The zero-order valence-corrected chi connectivity index (χ0v) is 13.7. The van der Waals surface area contributed by atoms with Gasteiger partial charge in [0.05, 0.1) is 0 Å². The van der Waals surface area contributed by atoms with Gasteiger partial charge in [-0.3, -0.25) is 4.79 Å². The second kappa shape index (κ2) is 7.31. The average molecular weight is 364 g/mol. The summed E-state index contributed by atoms with van der Waals surface area (Å²) in [6, 6.07) is 9.30. The van der Waals surface area contributed by atoms with Crippen LogP contribution in [-0.4, -0.2) is 30.4 Å². The van der Waals surface area contributed by atoms with Crippen LogP contribution < -0.4 is 14.8 Å². The van der Waals surface area contributed by atoms with E-state index >= 15 is 0 Å². The monoisotopic (exact) mass is 363 g/mol. The van der Waals surface area contributed by atoms with Gasteiger partial charge in [0.2, 0.25) is 6.79 Å². The number of carbonyl (C=O) groups excluding carboxylic acids is 2. The highest BCUT2D eigenvalue weighted by atomic mass is 35.5. The van der Waals surface area contributed by atoms with Crippen LogP contribution in [0.1, 0.15) is 15.9 Å². The molecule has 25 heavy (non-hydrogen) atoms. The van der Waals surface area contributed by atoms with Gasteiger partial charge in [0, 0.05) is 11.6 Å². The van der Waals surface area contributed by atoms with Crippen LogP contribution in [-0.2, 0) is 16.1 Å². The summed E-state index contributed by atoms with van der Waals surface area (Å²) in [6.07, 6.45) is 0. The molecule has 130 valence electrons. The fourth-order valence-electron chi connectivity index (χ4n) is 2.19. The van der Waals surface area contributed by atoms with E-state index in [1.807, 2.05) is 0 Å². The van der Waals surface area contributed by atoms with Crippen LogP contribution in [0.5, 0.6) is 17.2 Å². The Kier molecular flexibility index (Phi) is 4.95. The van der Waals surface area contributed by atoms with Crippen molar-refractivity contribution in [2.75, 3.05) is 13.4 Å². The summed E-state index contributed by atoms with van der Waals surface area (Å²) in [6.45, 7) is -0.0384. The molecule has 0 saturated heterocycles. The van der Waals surface area contributed by atoms with E-state index in [1.54, 1.807) is 18.2 Å². The van der Waals surface area contributed by atoms with Crippen molar-refractivity contribution in [1.29, 1.82) is 0 Å². The van der Waals surface area contributed by atoms with Crippen LogP contribution in [0.4, 0.5) is 0 Å². The molecule has 2 aromatic rings. The maximum absolute atomic E-state index is 11.8. The Labute approximate surface area is 148 Å². The molecule has 2 aromatic carbocycles. The highest BCUT2D eigenvalue weighted by molar-refractivity contribution is 6.30. The number of phenolic OH excluding ortho intramolecular Hbond substituents is 1. The first-order valence-electron chi connectivity index (χ1n) is 7.34. The van der Waals surface area contributed by atoms with Crippen LogP contribution in [0.15, 0.2) is 36.4 Å². The lowest BCUT2D eigenvalue weighted by Crippen LogP contribution is -2.28. The SMILES string of the molecule is O=C(COC(=O)c1ccc(Cl)cc1O)NCc1ccc2c(c1)OCO2. The number of rotatable bonds is 5. The van der Waals surface area contributed by atoms with Crippen LogP contribution in [0, 0.1) is 0 Å². The normalized spacial score (nSPS) is 11.9. The van der Waals surface area contributed by atoms with Crippen molar-refractivity contribution in [3.63, 3.8) is 0 Å². The fraction of sp³-hybridized carbons (Fsp3) is 0.176. The highest BCUT2D eigenvalue weighted by Gasteiger charge is 2.16. The molecule has 3 rings (SSSR count). The highest BCUT2D eigenvalue weighted by Crippen LogP contribution is 2.32. The lowest BCUT2D eigenvalue weighted by Gasteiger charge is -2.08. The number of benzene rings is 2. The molecule has 8 heteroatoms. The molecule has 0 atom stereocenters. The van der Waals surface area contributed by atoms with Gasteiger partial charge in [-0.2, -0.15) is 0 Å². The van der Waals surface area contributed by atoms with Crippen molar-refractivity contribution >= 4 is 23.5 Å². The molecule has 2 N–H and O–H groups in total. The Bertz CT molecular complexity index is 823. The molecular formula is C17H14ClNO6. The van der Waals surface area contributed by atoms with Crippen molar-refractivity contribution in [1.82, 2.24) is 5.32 Å². The van der Waals surface area contributed by atoms with Crippen LogP contribution >= 0.6 is 11.6 Å². The predicted octanol–water partition coefficient (Wildman–Crippen LogP) is 2.25. The van der Waals surface area contributed by atoms with E-state index < -0.39 is 18.5 Å². The zero-order chi connectivity index (χ0) is 17.8. The third-order valence-corrected chi connectivity index (χ3v) is 3.68. The standard InChI is InChI=1S/C17H14ClNO6/c18-11-2-3-12(13(20)6-11)17(22)23-8-16(21)19-7-10-1-4-14-15(5-10)25-9-24-14/h1-6,20H,7-9H2,(H,19,21). The molecule has 0 radical (unpaired) electrons. The summed E-state index contributed by atoms with van der Waals surface area (Å²) in [5.41, 5.74) is 0.757. The van der Waals surface area contributed by atoms with E-state index in [1.165, 1.54) is 18.2 Å². The minimum absolute atomic E-state index is 0.0621. The number of esters is 1. The van der Waals surface area contributed by atoms with Gasteiger partial charge in [0.25, 0.3) is 5.91 Å². The average Bonchev–Trinajstić information content (AvgIpc) is 3.05. The van der Waals surface area contributed by atoms with E-state index in [4.69, 9.17) is 25.8 Å². The number of nitrogens with one attached hydrogen (secondary N) is 1. The third-order valence-electron chi connectivity index (χ3n) is 3.44. The minimum Gasteiger partial charge on any atom is -0.507 e. The number of halogens is 1. The zero-order valence-electron chi connectivity index (χ0n) is 13.0. The molecular weight excluding hydrogens is 350 g/mol. The molecule has 0 aliphatic carbocycles. The second-order valence-electron chi connectivity index (χ2n) is 5.20. The van der Waals surface area contributed by atoms with Gasteiger partial charge in [-0.05, 0) is 35.9 Å². The number of carbonyl (C=O) groups is 2. The number of hydrogen-bond acceptors (Lipinski definition) is 6. The summed E-state index contributed by atoms with van der Waals surface area (Å²) in [5.74, 6) is -0.312. The Hall–Kier alpha value is -2.93. The lowest BCUT2D eigenvalue weighted by atomic mass is 10.2. The van der Waals surface area contributed by atoms with Gasteiger partial charge in [-0.25, -0.2) is 4.79 Å². The van der Waals surface area contributed by atoms with E-state index in [0.717, 1.165) is 5.56 Å². The van der Waals surface area contributed by atoms with E-state index in [2.05, 4.69) is 5.32 Å². The number of aromatic hydroxyl groups is 1. The molecule has 0 fully saturated rings. The van der Waals surface area contributed by atoms with Crippen molar-refractivity contribution < 1.29 is 28.9 Å². The number of hydrogen-bond donors (Lipinski definition) is 2. The van der Waals surface area contributed by atoms with Crippen molar-refractivity contribution in [2.45, 2.75) is 6.54 Å². The summed E-state index contributed by atoms with van der Waals surface area (Å²) >= 11 is 5.69. The maximum atomic E-state index is 11.8. The molecule has 1 aliphatic heterocycles. The Morgan fingerprint density at radius 3 is 2.76 bits per heavy atom. The summed E-state index contributed by atoms with van der Waals surface area (Å²) in [4.78, 5) is 23.6. The number of ether oxygens (including phenoxy) is 3. The minimum atomic E-state index is -0.813. The van der Waals surface area contributed by atoms with Crippen molar-refractivity contribution in [2.24, 2.45) is 0 Å². The summed E-state index contributed by atoms with van der Waals surface area (Å²) in [5, 5.41) is 12.6. The fourth-order valence-corrected chi connectivity index (χ4v) is 2.36. The van der Waals surface area contributed by atoms with Crippen molar-refractivity contribution in [3.05, 3.63) is 52.5 Å². The first kappa shape index (κ1) is 16.9. The second-order valence-corrected chi connectivity index (χ2v) is 5.64. The van der Waals surface area contributed by atoms with Gasteiger partial charge in [-0.1, -0.05) is 17.7 Å². The summed E-state index contributed by atoms with van der Waals surface area (Å²) < 4.78 is 15.3. The lowest BCUT2D eigenvalue weighted by molar-refractivity contribution is -0.124. The molecule has 0 spiro atoms. The van der Waals surface area contributed by atoms with Crippen LogP contribution in [0.2, 0.25) is 5.02 Å². The van der Waals surface area contributed by atoms with Gasteiger partial charge in [0.1, 0.15) is 11.3 Å². The van der Waals surface area contributed by atoms with Gasteiger partial charge in [-0.15, -0.1) is 0 Å². The molecule has 0 unspecified atom stereocenters. The molecule has 0 bridgehead atoms. The first-order valence-corrected chi connectivity index (χ1v) is 7.71. The number of amides is 1. The first-order chi connectivity index (χ1) is 12.0. The van der Waals surface area contributed by atoms with Crippen LogP contribution in [0.25, 0.3) is 0 Å². The largest absolute Gasteiger partial charge is 0.507 e. The molecule has 7 nitrogen and oxygen atoms in total. The molecule has 0 aromatic heterocycles. The third kappa shape index (κ3) is 4.13. The number of phenols is 1. The van der Waals surface area contributed by atoms with Crippen LogP contribution in [0.3, 0.4) is 0 Å². The van der Waals surface area contributed by atoms with Gasteiger partial charge in [0.15, 0.2) is 18.1 Å². The smallest absolute Gasteiger partial charge is 0.342 e. The van der Waals surface area contributed by atoms with Gasteiger partial charge < -0.3 is 24.6 Å². The predicted molar refractivity (Wildman–Crippen MR) is 87.8 cm³/mol.